The van der Waals surface area contributed by atoms with Crippen LogP contribution in [0.4, 0.5) is 0 Å². The molecule has 0 spiro atoms. The van der Waals surface area contributed by atoms with Gasteiger partial charge < -0.3 is 10.2 Å². The molecule has 0 bridgehead atoms. The Bertz CT molecular complexity index is 186. The molecule has 1 atom stereocenters. The molecule has 0 aliphatic carbocycles. The van der Waals surface area contributed by atoms with Crippen LogP contribution in [0.2, 0.25) is 0 Å². The van der Waals surface area contributed by atoms with Crippen molar-refractivity contribution in [2.24, 2.45) is 5.73 Å². The Balaban J connectivity index is 2.36. The Labute approximate surface area is 71.1 Å². The summed E-state index contributed by atoms with van der Waals surface area (Å²) in [6.45, 7) is 2.12. The first-order chi connectivity index (χ1) is 5.34. The van der Waals surface area contributed by atoms with E-state index in [9.17, 15) is 0 Å². The average molecular weight is 171 g/mol. The Kier molecular flexibility index (Phi) is 3.52. The van der Waals surface area contributed by atoms with Crippen molar-refractivity contribution in [2.75, 3.05) is 11.5 Å². The zero-order valence-corrected chi connectivity index (χ0v) is 7.43. The van der Waals surface area contributed by atoms with Crippen LogP contribution in [0.25, 0.3) is 0 Å². The van der Waals surface area contributed by atoms with Crippen LogP contribution in [-0.2, 0) is 0 Å². The summed E-state index contributed by atoms with van der Waals surface area (Å²) in [5.74, 6) is 2.92. The van der Waals surface area contributed by atoms with Crippen molar-refractivity contribution in [1.82, 2.24) is 0 Å². The predicted molar refractivity (Wildman–Crippen MR) is 48.6 cm³/mol. The molecule has 62 valence electrons. The molecule has 1 heterocycles. The Morgan fingerprint density at radius 3 is 3.09 bits per heavy atom. The topological polar surface area (TPSA) is 39.2 Å². The maximum absolute atomic E-state index is 5.81. The molecular formula is C8H13NOS. The van der Waals surface area contributed by atoms with Crippen LogP contribution in [-0.4, -0.2) is 11.5 Å². The van der Waals surface area contributed by atoms with Gasteiger partial charge in [0.2, 0.25) is 0 Å². The van der Waals surface area contributed by atoms with Gasteiger partial charge in [-0.25, -0.2) is 0 Å². The summed E-state index contributed by atoms with van der Waals surface area (Å²) in [4.78, 5) is 0. The standard InChI is InChI=1S/C8H13NOS/c1-2-11-6-7(9)8-4-3-5-10-8/h3-5,7H,2,6,9H2,1H3. The smallest absolute Gasteiger partial charge is 0.121 e. The van der Waals surface area contributed by atoms with Crippen molar-refractivity contribution < 1.29 is 4.42 Å². The van der Waals surface area contributed by atoms with E-state index in [0.717, 1.165) is 17.3 Å². The first-order valence-electron chi connectivity index (χ1n) is 3.71. The van der Waals surface area contributed by atoms with Crippen LogP contribution in [0.5, 0.6) is 0 Å². The zero-order chi connectivity index (χ0) is 8.10. The van der Waals surface area contributed by atoms with Gasteiger partial charge in [0, 0.05) is 5.75 Å². The van der Waals surface area contributed by atoms with Crippen molar-refractivity contribution >= 4 is 11.8 Å². The second kappa shape index (κ2) is 4.46. The number of hydrogen-bond acceptors (Lipinski definition) is 3. The van der Waals surface area contributed by atoms with Crippen molar-refractivity contribution in [3.05, 3.63) is 24.2 Å². The van der Waals surface area contributed by atoms with Gasteiger partial charge in [-0.15, -0.1) is 0 Å². The highest BCUT2D eigenvalue weighted by Crippen LogP contribution is 2.15. The number of thioether (sulfide) groups is 1. The van der Waals surface area contributed by atoms with Gasteiger partial charge in [-0.2, -0.15) is 11.8 Å². The Morgan fingerprint density at radius 1 is 1.73 bits per heavy atom. The summed E-state index contributed by atoms with van der Waals surface area (Å²) in [5.41, 5.74) is 5.81. The second-order valence-corrected chi connectivity index (χ2v) is 3.60. The molecule has 2 nitrogen and oxygen atoms in total. The number of hydrogen-bond donors (Lipinski definition) is 1. The van der Waals surface area contributed by atoms with Crippen LogP contribution in [0.3, 0.4) is 0 Å². The van der Waals surface area contributed by atoms with Gasteiger partial charge in [0.1, 0.15) is 5.76 Å². The maximum atomic E-state index is 5.81. The predicted octanol–water partition coefficient (Wildman–Crippen LogP) is 2.03. The van der Waals surface area contributed by atoms with Gasteiger partial charge in [0.15, 0.2) is 0 Å². The Morgan fingerprint density at radius 2 is 2.55 bits per heavy atom. The average Bonchev–Trinajstić information content (AvgIpc) is 2.52. The fraction of sp³-hybridized carbons (Fsp3) is 0.500. The minimum atomic E-state index is 0.0509. The summed E-state index contributed by atoms with van der Waals surface area (Å²) in [6.07, 6.45) is 1.66. The number of nitrogens with two attached hydrogens (primary N) is 1. The minimum absolute atomic E-state index is 0.0509. The van der Waals surface area contributed by atoms with Gasteiger partial charge in [-0.05, 0) is 17.9 Å². The highest BCUT2D eigenvalue weighted by molar-refractivity contribution is 7.99. The Hall–Kier alpha value is -0.410. The van der Waals surface area contributed by atoms with E-state index in [1.165, 1.54) is 0 Å². The van der Waals surface area contributed by atoms with E-state index in [2.05, 4.69) is 6.92 Å². The van der Waals surface area contributed by atoms with Crippen LogP contribution in [0, 0.1) is 0 Å². The molecule has 0 aromatic carbocycles. The third-order valence-electron chi connectivity index (χ3n) is 1.41. The third-order valence-corrected chi connectivity index (χ3v) is 2.41. The lowest BCUT2D eigenvalue weighted by Gasteiger charge is -2.05. The molecule has 0 radical (unpaired) electrons. The van der Waals surface area contributed by atoms with Crippen LogP contribution >= 0.6 is 11.8 Å². The van der Waals surface area contributed by atoms with Gasteiger partial charge >= 0.3 is 0 Å². The molecule has 0 saturated carbocycles. The zero-order valence-electron chi connectivity index (χ0n) is 6.62. The fourth-order valence-electron chi connectivity index (χ4n) is 0.829. The number of rotatable bonds is 4. The molecule has 0 aliphatic rings. The van der Waals surface area contributed by atoms with Gasteiger partial charge in [0.25, 0.3) is 0 Å². The first kappa shape index (κ1) is 8.68. The van der Waals surface area contributed by atoms with E-state index in [-0.39, 0.29) is 6.04 Å². The van der Waals surface area contributed by atoms with E-state index in [1.54, 1.807) is 6.26 Å². The SMILES string of the molecule is CCSCC(N)c1ccco1. The van der Waals surface area contributed by atoms with Gasteiger partial charge in [-0.1, -0.05) is 6.92 Å². The van der Waals surface area contributed by atoms with E-state index in [4.69, 9.17) is 10.2 Å². The molecule has 2 N–H and O–H groups in total. The fourth-order valence-corrected chi connectivity index (χ4v) is 1.48. The van der Waals surface area contributed by atoms with Crippen LogP contribution < -0.4 is 5.73 Å². The maximum Gasteiger partial charge on any atom is 0.121 e. The first-order valence-corrected chi connectivity index (χ1v) is 4.86. The monoisotopic (exact) mass is 171 g/mol. The lowest BCUT2D eigenvalue weighted by atomic mass is 10.3. The highest BCUT2D eigenvalue weighted by Gasteiger charge is 2.06. The largest absolute Gasteiger partial charge is 0.468 e. The summed E-state index contributed by atoms with van der Waals surface area (Å²) in [5, 5.41) is 0. The summed E-state index contributed by atoms with van der Waals surface area (Å²) in [7, 11) is 0. The molecule has 1 aromatic rings. The summed E-state index contributed by atoms with van der Waals surface area (Å²) < 4.78 is 5.15. The van der Waals surface area contributed by atoms with Gasteiger partial charge in [0.05, 0.1) is 12.3 Å². The van der Waals surface area contributed by atoms with E-state index < -0.39 is 0 Å². The molecular weight excluding hydrogens is 158 g/mol. The molecule has 1 rings (SSSR count). The summed E-state index contributed by atoms with van der Waals surface area (Å²) >= 11 is 1.83. The normalized spacial score (nSPS) is 13.3. The van der Waals surface area contributed by atoms with Crippen LogP contribution in [0.15, 0.2) is 22.8 Å². The number of furan rings is 1. The second-order valence-electron chi connectivity index (χ2n) is 2.28. The lowest BCUT2D eigenvalue weighted by molar-refractivity contribution is 0.482. The molecule has 0 saturated heterocycles. The molecule has 0 aliphatic heterocycles. The van der Waals surface area contributed by atoms with E-state index >= 15 is 0 Å². The quantitative estimate of drug-likeness (QED) is 0.753. The van der Waals surface area contributed by atoms with Crippen molar-refractivity contribution in [2.45, 2.75) is 13.0 Å². The molecule has 1 unspecified atom stereocenters. The third kappa shape index (κ3) is 2.60. The summed E-state index contributed by atoms with van der Waals surface area (Å²) in [6, 6.07) is 3.84. The van der Waals surface area contributed by atoms with Crippen molar-refractivity contribution in [1.29, 1.82) is 0 Å². The molecule has 11 heavy (non-hydrogen) atoms. The van der Waals surface area contributed by atoms with Crippen molar-refractivity contribution in [3.8, 4) is 0 Å². The van der Waals surface area contributed by atoms with Crippen LogP contribution in [0.1, 0.15) is 18.7 Å². The van der Waals surface area contributed by atoms with E-state index in [0.29, 0.717) is 0 Å². The van der Waals surface area contributed by atoms with Gasteiger partial charge in [-0.3, -0.25) is 0 Å². The van der Waals surface area contributed by atoms with E-state index in [1.807, 2.05) is 23.9 Å². The van der Waals surface area contributed by atoms with Crippen molar-refractivity contribution in [3.63, 3.8) is 0 Å². The molecule has 3 heteroatoms. The molecule has 0 amide bonds. The molecule has 1 aromatic heterocycles. The minimum Gasteiger partial charge on any atom is -0.468 e. The highest BCUT2D eigenvalue weighted by atomic mass is 32.2. The lowest BCUT2D eigenvalue weighted by Crippen LogP contribution is -2.11. The molecule has 0 fully saturated rings.